The minimum atomic E-state index is -3.69. The van der Waals surface area contributed by atoms with Crippen LogP contribution in [0.3, 0.4) is 0 Å². The first kappa shape index (κ1) is 39.2. The molecule has 0 radical (unpaired) electrons. The summed E-state index contributed by atoms with van der Waals surface area (Å²) in [6, 6.07) is 22.8. The fraction of sp³-hybridized carbons (Fsp3) is 0.457. The number of benzene rings is 3. The molecule has 0 aliphatic rings. The number of hydrogen-bond donors (Lipinski definition) is 3. The van der Waals surface area contributed by atoms with Crippen molar-refractivity contribution in [3.8, 4) is 0 Å². The van der Waals surface area contributed by atoms with Crippen molar-refractivity contribution < 1.29 is 41.6 Å². The van der Waals surface area contributed by atoms with Gasteiger partial charge in [-0.3, -0.25) is 4.79 Å². The first-order valence-corrected chi connectivity index (χ1v) is 17.7. The number of sulfonamides is 1. The van der Waals surface area contributed by atoms with Crippen molar-refractivity contribution in [3.63, 3.8) is 0 Å². The number of nitrogens with two attached hydrogens (primary N) is 1. The Hall–Kier alpha value is -3.24. The van der Waals surface area contributed by atoms with E-state index < -0.39 is 10.0 Å². The molecule has 13 heteroatoms. The summed E-state index contributed by atoms with van der Waals surface area (Å²) in [5.74, 6) is -0.232. The molecule has 0 heterocycles. The lowest BCUT2D eigenvalue weighted by molar-refractivity contribution is -0.0164. The maximum atomic E-state index is 12.8. The highest BCUT2D eigenvalue weighted by molar-refractivity contribution is 7.89. The standard InChI is InChI=1S/C35H49N3O9S/c36-16-18-43-20-22-45-24-26-47-28-27-46-25-23-44-21-19-42-17-4-5-30-10-14-34(15-11-30)48(40,41)37-29-31-8-12-32(13-9-31)35(39)38-33-6-2-1-3-7-33/h1-3,6-15,37H,4-5,16-29,36H2,(H,38,39). The van der Waals surface area contributed by atoms with Crippen molar-refractivity contribution in [2.24, 2.45) is 5.73 Å². The maximum absolute atomic E-state index is 12.8. The monoisotopic (exact) mass is 687 g/mol. The smallest absolute Gasteiger partial charge is 0.255 e. The number of ether oxygens (including phenoxy) is 6. The van der Waals surface area contributed by atoms with Crippen molar-refractivity contribution in [2.75, 3.05) is 91.1 Å². The van der Waals surface area contributed by atoms with Gasteiger partial charge in [0.2, 0.25) is 10.0 Å². The van der Waals surface area contributed by atoms with Crippen LogP contribution < -0.4 is 15.8 Å². The largest absolute Gasteiger partial charge is 0.379 e. The quantitative estimate of drug-likeness (QED) is 0.102. The number of nitrogens with one attached hydrogen (secondary N) is 2. The second kappa shape index (κ2) is 24.0. The third-order valence-corrected chi connectivity index (χ3v) is 8.24. The third-order valence-electron chi connectivity index (χ3n) is 6.82. The van der Waals surface area contributed by atoms with E-state index >= 15 is 0 Å². The predicted octanol–water partition coefficient (Wildman–Crippen LogP) is 3.41. The van der Waals surface area contributed by atoms with Gasteiger partial charge < -0.3 is 39.5 Å². The lowest BCUT2D eigenvalue weighted by Crippen LogP contribution is -2.23. The minimum absolute atomic E-state index is 0.109. The van der Waals surface area contributed by atoms with E-state index in [2.05, 4.69) is 10.0 Å². The van der Waals surface area contributed by atoms with E-state index in [-0.39, 0.29) is 17.3 Å². The molecular formula is C35H49N3O9S. The molecule has 0 unspecified atom stereocenters. The van der Waals surface area contributed by atoms with E-state index in [4.69, 9.17) is 34.2 Å². The number of amides is 1. The second-order valence-electron chi connectivity index (χ2n) is 10.6. The van der Waals surface area contributed by atoms with Gasteiger partial charge >= 0.3 is 0 Å². The lowest BCUT2D eigenvalue weighted by Gasteiger charge is -2.09. The Morgan fingerprint density at radius 2 is 1.06 bits per heavy atom. The summed E-state index contributed by atoms with van der Waals surface area (Å²) in [5.41, 5.74) is 8.29. The van der Waals surface area contributed by atoms with Crippen molar-refractivity contribution in [2.45, 2.75) is 24.3 Å². The normalized spacial score (nSPS) is 11.5. The van der Waals surface area contributed by atoms with Gasteiger partial charge in [-0.05, 0) is 60.4 Å². The van der Waals surface area contributed by atoms with Crippen molar-refractivity contribution in [3.05, 3.63) is 95.6 Å². The summed E-state index contributed by atoms with van der Waals surface area (Å²) in [6.45, 7) is 6.79. The van der Waals surface area contributed by atoms with Crippen LogP contribution >= 0.6 is 0 Å². The zero-order chi connectivity index (χ0) is 34.1. The van der Waals surface area contributed by atoms with Gasteiger partial charge in [0, 0.05) is 30.9 Å². The maximum Gasteiger partial charge on any atom is 0.255 e. The average Bonchev–Trinajstić information content (AvgIpc) is 3.11. The van der Waals surface area contributed by atoms with Crippen LogP contribution in [0, 0.1) is 0 Å². The molecule has 48 heavy (non-hydrogen) atoms. The predicted molar refractivity (Wildman–Crippen MR) is 184 cm³/mol. The van der Waals surface area contributed by atoms with Gasteiger partial charge in [0.1, 0.15) is 0 Å². The summed E-state index contributed by atoms with van der Waals surface area (Å²) >= 11 is 0. The van der Waals surface area contributed by atoms with Crippen LogP contribution in [0.4, 0.5) is 5.69 Å². The third kappa shape index (κ3) is 16.7. The van der Waals surface area contributed by atoms with Gasteiger partial charge in [0.25, 0.3) is 5.91 Å². The van der Waals surface area contributed by atoms with Gasteiger partial charge in [0.15, 0.2) is 0 Å². The number of carbonyl (C=O) groups excluding carboxylic acids is 1. The van der Waals surface area contributed by atoms with Gasteiger partial charge in [-0.15, -0.1) is 0 Å². The van der Waals surface area contributed by atoms with E-state index in [1.807, 2.05) is 42.5 Å². The second-order valence-corrected chi connectivity index (χ2v) is 12.3. The zero-order valence-corrected chi connectivity index (χ0v) is 28.3. The molecule has 3 aromatic rings. The molecule has 0 aromatic heterocycles. The van der Waals surface area contributed by atoms with Gasteiger partial charge in [-0.1, -0.05) is 42.5 Å². The van der Waals surface area contributed by atoms with Crippen LogP contribution in [0.25, 0.3) is 0 Å². The number of anilines is 1. The lowest BCUT2D eigenvalue weighted by atomic mass is 10.1. The average molecular weight is 688 g/mol. The molecule has 0 atom stereocenters. The molecule has 264 valence electrons. The first-order valence-electron chi connectivity index (χ1n) is 16.2. The van der Waals surface area contributed by atoms with Crippen molar-refractivity contribution >= 4 is 21.6 Å². The molecular weight excluding hydrogens is 638 g/mol. The molecule has 0 aliphatic carbocycles. The molecule has 0 bridgehead atoms. The van der Waals surface area contributed by atoms with E-state index in [0.29, 0.717) is 97.1 Å². The van der Waals surface area contributed by atoms with Crippen molar-refractivity contribution in [1.29, 1.82) is 0 Å². The molecule has 0 fully saturated rings. The Kier molecular flexibility index (Phi) is 19.6. The summed E-state index contributed by atoms with van der Waals surface area (Å²) in [6.07, 6.45) is 1.57. The number of para-hydroxylation sites is 1. The van der Waals surface area contributed by atoms with Crippen LogP contribution in [0.1, 0.15) is 27.9 Å². The Morgan fingerprint density at radius 3 is 1.58 bits per heavy atom. The molecule has 0 spiro atoms. The number of carbonyl (C=O) groups is 1. The zero-order valence-electron chi connectivity index (χ0n) is 27.5. The molecule has 12 nitrogen and oxygen atoms in total. The molecule has 0 aliphatic heterocycles. The first-order chi connectivity index (χ1) is 23.5. The van der Waals surface area contributed by atoms with Gasteiger partial charge in [-0.25, -0.2) is 13.1 Å². The highest BCUT2D eigenvalue weighted by Crippen LogP contribution is 2.14. The van der Waals surface area contributed by atoms with Crippen LogP contribution in [0.15, 0.2) is 83.8 Å². The number of rotatable bonds is 27. The van der Waals surface area contributed by atoms with E-state index in [1.54, 1.807) is 36.4 Å². The van der Waals surface area contributed by atoms with Crippen LogP contribution in [-0.2, 0) is 51.4 Å². The van der Waals surface area contributed by atoms with Gasteiger partial charge in [0.05, 0.1) is 77.6 Å². The van der Waals surface area contributed by atoms with Crippen molar-refractivity contribution in [1.82, 2.24) is 4.72 Å². The van der Waals surface area contributed by atoms with E-state index in [9.17, 15) is 13.2 Å². The SMILES string of the molecule is NCCOCCOCCOCCOCCOCCOCCCc1ccc(S(=O)(=O)NCc2ccc(C(=O)Nc3ccccc3)cc2)cc1. The highest BCUT2D eigenvalue weighted by atomic mass is 32.2. The fourth-order valence-corrected chi connectivity index (χ4v) is 5.28. The van der Waals surface area contributed by atoms with Gasteiger partial charge in [-0.2, -0.15) is 0 Å². The van der Waals surface area contributed by atoms with Crippen LogP contribution in [0.2, 0.25) is 0 Å². The molecule has 0 saturated carbocycles. The minimum Gasteiger partial charge on any atom is -0.379 e. The Balaban J connectivity index is 1.17. The van der Waals surface area contributed by atoms with E-state index in [0.717, 1.165) is 24.0 Å². The van der Waals surface area contributed by atoms with E-state index in [1.165, 1.54) is 0 Å². The summed E-state index contributed by atoms with van der Waals surface area (Å²) in [4.78, 5) is 12.6. The molecule has 0 saturated heterocycles. The Bertz CT molecular complexity index is 1380. The molecule has 3 rings (SSSR count). The highest BCUT2D eigenvalue weighted by Gasteiger charge is 2.14. The summed E-state index contributed by atoms with van der Waals surface area (Å²) < 4.78 is 60.9. The summed E-state index contributed by atoms with van der Waals surface area (Å²) in [7, 11) is -3.69. The Labute approximate surface area is 284 Å². The van der Waals surface area contributed by atoms with Crippen LogP contribution in [-0.4, -0.2) is 100 Å². The topological polar surface area (TPSA) is 157 Å². The van der Waals surface area contributed by atoms with Crippen LogP contribution in [0.5, 0.6) is 0 Å². The fourth-order valence-electron chi connectivity index (χ4n) is 4.26. The molecule has 3 aromatic carbocycles. The molecule has 4 N–H and O–H groups in total. The molecule has 1 amide bonds. The number of aryl methyl sites for hydroxylation is 1. The number of hydrogen-bond acceptors (Lipinski definition) is 10. The summed E-state index contributed by atoms with van der Waals surface area (Å²) in [5, 5.41) is 2.83. The Morgan fingerprint density at radius 1 is 0.583 bits per heavy atom.